The minimum atomic E-state index is 0.0768. The molecular formula is C16H21N3O. The molecule has 1 unspecified atom stereocenters. The predicted molar refractivity (Wildman–Crippen MR) is 78.2 cm³/mol. The quantitative estimate of drug-likeness (QED) is 0.855. The lowest BCUT2D eigenvalue weighted by molar-refractivity contribution is -0.119. The zero-order chi connectivity index (χ0) is 13.8. The molecule has 0 saturated heterocycles. The summed E-state index contributed by atoms with van der Waals surface area (Å²) >= 11 is 0. The number of nitrogens with zero attached hydrogens (tertiary/aromatic N) is 2. The first kappa shape index (κ1) is 13.2. The summed E-state index contributed by atoms with van der Waals surface area (Å²) in [7, 11) is 0. The summed E-state index contributed by atoms with van der Waals surface area (Å²) in [5.74, 6) is 0.483. The zero-order valence-electron chi connectivity index (χ0n) is 11.7. The van der Waals surface area contributed by atoms with Crippen LogP contribution in [0.1, 0.15) is 43.7 Å². The molecule has 3 rings (SSSR count). The van der Waals surface area contributed by atoms with Crippen molar-refractivity contribution in [2.75, 3.05) is 6.54 Å². The van der Waals surface area contributed by atoms with Crippen LogP contribution in [-0.2, 0) is 4.84 Å². The molecule has 4 nitrogen and oxygen atoms in total. The van der Waals surface area contributed by atoms with Gasteiger partial charge in [0, 0.05) is 25.0 Å². The monoisotopic (exact) mass is 271 g/mol. The molecule has 4 heteroatoms. The highest BCUT2D eigenvalue weighted by Crippen LogP contribution is 2.30. The molecule has 106 valence electrons. The molecule has 2 N–H and O–H groups in total. The van der Waals surface area contributed by atoms with Crippen LogP contribution in [0.15, 0.2) is 48.1 Å². The molecule has 0 amide bonds. The van der Waals surface area contributed by atoms with Gasteiger partial charge < -0.3 is 10.6 Å². The Kier molecular flexibility index (Phi) is 4.02. The van der Waals surface area contributed by atoms with Crippen molar-refractivity contribution in [2.24, 2.45) is 5.73 Å². The molecule has 0 spiro atoms. The minimum Gasteiger partial charge on any atom is -0.388 e. The maximum atomic E-state index is 5.82. The molecule has 2 aliphatic rings. The van der Waals surface area contributed by atoms with Crippen LogP contribution in [0, 0.1) is 0 Å². The summed E-state index contributed by atoms with van der Waals surface area (Å²) in [6, 6.07) is 4.08. The number of aromatic nitrogens is 1. The Morgan fingerprint density at radius 3 is 3.10 bits per heavy atom. The molecule has 0 radical (unpaired) electrons. The fraction of sp³-hybridized carbons (Fsp3) is 0.438. The average molecular weight is 271 g/mol. The summed E-state index contributed by atoms with van der Waals surface area (Å²) in [5, 5.41) is 1.96. The normalized spacial score (nSPS) is 23.1. The highest BCUT2D eigenvalue weighted by molar-refractivity contribution is 5.21. The molecule has 20 heavy (non-hydrogen) atoms. The van der Waals surface area contributed by atoms with Gasteiger partial charge in [0.2, 0.25) is 5.88 Å². The standard InChI is InChI=1S/C16H21N3O/c17-16-11-15(14-7-4-9-18-12-14)19(20-16)10-8-13-5-2-1-3-6-13/h4-5,7,9,11-12,15H,1-3,6,8,10,17H2. The van der Waals surface area contributed by atoms with Crippen LogP contribution in [0.2, 0.25) is 0 Å². The summed E-state index contributed by atoms with van der Waals surface area (Å²) in [6.07, 6.45) is 14.1. The van der Waals surface area contributed by atoms with Crippen LogP contribution in [0.25, 0.3) is 0 Å². The van der Waals surface area contributed by atoms with E-state index in [0.717, 1.165) is 18.5 Å². The van der Waals surface area contributed by atoms with Crippen LogP contribution < -0.4 is 5.73 Å². The second kappa shape index (κ2) is 6.09. The molecule has 1 aromatic heterocycles. The van der Waals surface area contributed by atoms with E-state index in [0.29, 0.717) is 5.88 Å². The van der Waals surface area contributed by atoms with E-state index in [4.69, 9.17) is 10.6 Å². The predicted octanol–water partition coefficient (Wildman–Crippen LogP) is 3.06. The largest absolute Gasteiger partial charge is 0.388 e. The van der Waals surface area contributed by atoms with Gasteiger partial charge in [0.1, 0.15) is 0 Å². The third kappa shape index (κ3) is 3.02. The van der Waals surface area contributed by atoms with E-state index in [1.165, 1.54) is 25.7 Å². The van der Waals surface area contributed by atoms with Crippen molar-refractivity contribution in [3.05, 3.63) is 53.7 Å². The Labute approximate surface area is 119 Å². The zero-order valence-corrected chi connectivity index (χ0v) is 11.7. The molecule has 0 bridgehead atoms. The van der Waals surface area contributed by atoms with Crippen molar-refractivity contribution in [1.82, 2.24) is 10.0 Å². The summed E-state index contributed by atoms with van der Waals surface area (Å²) in [6.45, 7) is 0.864. The van der Waals surface area contributed by atoms with Gasteiger partial charge in [-0.05, 0) is 43.7 Å². The number of pyridine rings is 1. The number of hydroxylamine groups is 2. The summed E-state index contributed by atoms with van der Waals surface area (Å²) < 4.78 is 0. The van der Waals surface area contributed by atoms with Crippen LogP contribution in [-0.4, -0.2) is 16.6 Å². The molecule has 0 fully saturated rings. The first-order valence-corrected chi connectivity index (χ1v) is 7.32. The Bertz CT molecular complexity index is 510. The molecule has 0 aromatic carbocycles. The van der Waals surface area contributed by atoms with E-state index >= 15 is 0 Å². The molecule has 1 aliphatic carbocycles. The van der Waals surface area contributed by atoms with Crippen molar-refractivity contribution in [3.63, 3.8) is 0 Å². The van der Waals surface area contributed by atoms with Gasteiger partial charge in [-0.25, -0.2) is 0 Å². The van der Waals surface area contributed by atoms with Crippen LogP contribution >= 0.6 is 0 Å². The first-order valence-electron chi connectivity index (χ1n) is 7.32. The second-order valence-electron chi connectivity index (χ2n) is 5.39. The fourth-order valence-corrected chi connectivity index (χ4v) is 2.84. The number of rotatable bonds is 4. The van der Waals surface area contributed by atoms with E-state index in [1.807, 2.05) is 23.4 Å². The van der Waals surface area contributed by atoms with Gasteiger partial charge in [0.25, 0.3) is 0 Å². The van der Waals surface area contributed by atoms with E-state index in [2.05, 4.69) is 17.1 Å². The van der Waals surface area contributed by atoms with Gasteiger partial charge in [-0.15, -0.1) is 5.06 Å². The van der Waals surface area contributed by atoms with Gasteiger partial charge in [-0.1, -0.05) is 17.7 Å². The van der Waals surface area contributed by atoms with Gasteiger partial charge in [0.15, 0.2) is 0 Å². The van der Waals surface area contributed by atoms with Gasteiger partial charge in [-0.2, -0.15) is 0 Å². The molecular weight excluding hydrogens is 250 g/mol. The van der Waals surface area contributed by atoms with Crippen LogP contribution in [0.3, 0.4) is 0 Å². The molecule has 2 heterocycles. The lowest BCUT2D eigenvalue weighted by Gasteiger charge is -2.23. The Balaban J connectivity index is 1.65. The topological polar surface area (TPSA) is 51.4 Å². The first-order chi connectivity index (χ1) is 9.83. The lowest BCUT2D eigenvalue weighted by Crippen LogP contribution is -2.25. The average Bonchev–Trinajstić information content (AvgIpc) is 2.88. The number of allylic oxidation sites excluding steroid dienone is 1. The number of hydrogen-bond acceptors (Lipinski definition) is 4. The van der Waals surface area contributed by atoms with Crippen molar-refractivity contribution in [3.8, 4) is 0 Å². The highest BCUT2D eigenvalue weighted by Gasteiger charge is 2.27. The SMILES string of the molecule is NC1=CC(c2cccnc2)N(CCC2=CCCCC2)O1. The molecule has 1 aromatic rings. The Hall–Kier alpha value is -1.81. The van der Waals surface area contributed by atoms with E-state index in [-0.39, 0.29) is 6.04 Å². The highest BCUT2D eigenvalue weighted by atomic mass is 16.7. The van der Waals surface area contributed by atoms with Crippen LogP contribution in [0.4, 0.5) is 0 Å². The fourth-order valence-electron chi connectivity index (χ4n) is 2.84. The minimum absolute atomic E-state index is 0.0768. The second-order valence-corrected chi connectivity index (χ2v) is 5.39. The van der Waals surface area contributed by atoms with Gasteiger partial charge in [0.05, 0.1) is 6.04 Å². The third-order valence-corrected chi connectivity index (χ3v) is 3.92. The molecule has 0 saturated carbocycles. The lowest BCUT2D eigenvalue weighted by atomic mass is 9.97. The summed E-state index contributed by atoms with van der Waals surface area (Å²) in [5.41, 5.74) is 8.49. The molecule has 1 aliphatic heterocycles. The smallest absolute Gasteiger partial charge is 0.207 e. The number of hydrogen-bond donors (Lipinski definition) is 1. The van der Waals surface area contributed by atoms with Crippen molar-refractivity contribution < 1.29 is 4.84 Å². The van der Waals surface area contributed by atoms with Gasteiger partial charge in [-0.3, -0.25) is 4.98 Å². The van der Waals surface area contributed by atoms with E-state index < -0.39 is 0 Å². The van der Waals surface area contributed by atoms with Gasteiger partial charge >= 0.3 is 0 Å². The molecule has 1 atom stereocenters. The van der Waals surface area contributed by atoms with Crippen molar-refractivity contribution >= 4 is 0 Å². The summed E-state index contributed by atoms with van der Waals surface area (Å²) in [4.78, 5) is 9.81. The van der Waals surface area contributed by atoms with E-state index in [9.17, 15) is 0 Å². The maximum Gasteiger partial charge on any atom is 0.207 e. The Morgan fingerprint density at radius 2 is 2.35 bits per heavy atom. The number of nitrogens with two attached hydrogens (primary N) is 1. The van der Waals surface area contributed by atoms with Crippen molar-refractivity contribution in [1.29, 1.82) is 0 Å². The van der Waals surface area contributed by atoms with Crippen molar-refractivity contribution in [2.45, 2.75) is 38.1 Å². The maximum absolute atomic E-state index is 5.82. The third-order valence-electron chi connectivity index (χ3n) is 3.92. The van der Waals surface area contributed by atoms with E-state index in [1.54, 1.807) is 11.8 Å². The Morgan fingerprint density at radius 1 is 1.40 bits per heavy atom. The van der Waals surface area contributed by atoms with Crippen LogP contribution in [0.5, 0.6) is 0 Å².